The van der Waals surface area contributed by atoms with E-state index in [0.29, 0.717) is 11.5 Å². The number of aromatic hydroxyl groups is 1. The molecule has 0 aromatic heterocycles. The third-order valence-corrected chi connectivity index (χ3v) is 15.9. The molecule has 2 atom stereocenters. The first-order chi connectivity index (χ1) is 23.3. The molecule has 8 rings (SSSR count). The van der Waals surface area contributed by atoms with Gasteiger partial charge in [0.15, 0.2) is 11.5 Å². The molecule has 3 aliphatic rings. The van der Waals surface area contributed by atoms with Gasteiger partial charge in [0, 0.05) is 22.4 Å². The molecule has 0 spiro atoms. The van der Waals surface area contributed by atoms with Gasteiger partial charge in [-0.15, -0.1) is 0 Å². The Morgan fingerprint density at radius 1 is 0.857 bits per heavy atom. The fourth-order valence-electron chi connectivity index (χ4n) is 7.67. The average Bonchev–Trinajstić information content (AvgIpc) is 3.55. The van der Waals surface area contributed by atoms with Gasteiger partial charge in [0.05, 0.1) is 24.5 Å². The molecule has 2 unspecified atom stereocenters. The van der Waals surface area contributed by atoms with Gasteiger partial charge in [-0.2, -0.15) is 0 Å². The zero-order chi connectivity index (χ0) is 34.7. The summed E-state index contributed by atoms with van der Waals surface area (Å²) in [6.07, 6.45) is 0.194. The number of alkyl halides is 1. The third-order valence-electron chi connectivity index (χ3n) is 9.84. The highest BCUT2D eigenvalue weighted by Crippen LogP contribution is 2.57. The zero-order valence-electron chi connectivity index (χ0n) is 27.1. The lowest BCUT2D eigenvalue weighted by atomic mass is 9.82. The minimum Gasteiger partial charge on any atom is -0.527 e. The average molecular weight is 861 g/mol. The van der Waals surface area contributed by atoms with Gasteiger partial charge in [-0.3, -0.25) is 0 Å². The van der Waals surface area contributed by atoms with Crippen molar-refractivity contribution in [3.05, 3.63) is 109 Å². The summed E-state index contributed by atoms with van der Waals surface area (Å²) in [7, 11) is -3.60. The first kappa shape index (κ1) is 33.4. The molecule has 2 aliphatic heterocycles. The van der Waals surface area contributed by atoms with Crippen molar-refractivity contribution in [2.75, 3.05) is 11.1 Å². The lowest BCUT2D eigenvalue weighted by Crippen LogP contribution is -2.67. The molecule has 0 bridgehead atoms. The Balaban J connectivity index is 1.53. The second-order valence-corrected chi connectivity index (χ2v) is 19.8. The van der Waals surface area contributed by atoms with E-state index in [0.717, 1.165) is 55.3 Å². The summed E-state index contributed by atoms with van der Waals surface area (Å²) in [4.78, 5) is 2.31. The summed E-state index contributed by atoms with van der Waals surface area (Å²) in [5, 5.41) is 12.9. The number of hydrogen-bond donors (Lipinski definition) is 1. The number of nitrogens with zero attached hydrogens (tertiary/aromatic N) is 1. The quantitative estimate of drug-likeness (QED) is 0.0476. The first-order valence-corrected chi connectivity index (χ1v) is 20.6. The van der Waals surface area contributed by atoms with E-state index < -0.39 is 13.7 Å². The Morgan fingerprint density at radius 2 is 1.53 bits per heavy atom. The number of ether oxygens (including phenoxy) is 2. The molecule has 5 aromatic carbocycles. The molecule has 0 saturated carbocycles. The van der Waals surface area contributed by atoms with Gasteiger partial charge in [-0.05, 0) is 73.4 Å². The third kappa shape index (κ3) is 4.76. The zero-order valence-corrected chi connectivity index (χ0v) is 33.3. The van der Waals surface area contributed by atoms with E-state index in [4.69, 9.17) is 60.3 Å². The minimum atomic E-state index is -3.60. The van der Waals surface area contributed by atoms with Crippen LogP contribution in [-0.2, 0) is 5.41 Å². The lowest BCUT2D eigenvalue weighted by Gasteiger charge is -2.41. The number of aryl methyl sites for hydroxylation is 2. The maximum atomic E-state index is 11.5. The largest absolute Gasteiger partial charge is 0.527 e. The highest BCUT2D eigenvalue weighted by Gasteiger charge is 2.60. The summed E-state index contributed by atoms with van der Waals surface area (Å²) in [6, 6.07) is 23.3. The molecule has 1 aliphatic carbocycles. The highest BCUT2D eigenvalue weighted by molar-refractivity contribution is 14.1. The highest BCUT2D eigenvalue weighted by atomic mass is 127. The monoisotopic (exact) mass is 859 g/mol. The predicted molar refractivity (Wildman–Crippen MR) is 211 cm³/mol. The van der Waals surface area contributed by atoms with E-state index in [2.05, 4.69) is 110 Å². The number of halogens is 5. The molecular formula is C38H30Cl4INO4Si. The van der Waals surface area contributed by atoms with Gasteiger partial charge >= 0.3 is 8.32 Å². The topological polar surface area (TPSA) is 51.2 Å². The van der Waals surface area contributed by atoms with Crippen LogP contribution < -0.4 is 29.2 Å². The number of fused-ring (bicyclic) bond motifs is 6. The number of anilines is 2. The molecule has 0 radical (unpaired) electrons. The van der Waals surface area contributed by atoms with Crippen LogP contribution in [0.3, 0.4) is 0 Å². The Hall–Kier alpha value is -2.79. The van der Waals surface area contributed by atoms with Crippen LogP contribution in [0.15, 0.2) is 66.7 Å². The second kappa shape index (κ2) is 11.6. The Morgan fingerprint density at radius 3 is 2.24 bits per heavy atom. The minimum absolute atomic E-state index is 0.00391. The predicted octanol–water partition coefficient (Wildman–Crippen LogP) is 11.0. The van der Waals surface area contributed by atoms with E-state index in [1.54, 1.807) is 0 Å². The van der Waals surface area contributed by atoms with Crippen LogP contribution in [0.2, 0.25) is 20.1 Å². The van der Waals surface area contributed by atoms with E-state index in [-0.39, 0.29) is 41.9 Å². The van der Waals surface area contributed by atoms with Crippen molar-refractivity contribution in [2.45, 2.75) is 44.1 Å². The molecule has 11 heteroatoms. The van der Waals surface area contributed by atoms with E-state index >= 15 is 0 Å². The van der Waals surface area contributed by atoms with Gasteiger partial charge < -0.3 is 23.9 Å². The lowest BCUT2D eigenvalue weighted by molar-refractivity contribution is 0.373. The molecule has 49 heavy (non-hydrogen) atoms. The summed E-state index contributed by atoms with van der Waals surface area (Å²) < 4.78 is 21.0. The molecule has 5 nitrogen and oxygen atoms in total. The van der Waals surface area contributed by atoms with Gasteiger partial charge in [-0.1, -0.05) is 125 Å². The number of phenols is 1. The Bertz CT molecular complexity index is 2210. The van der Waals surface area contributed by atoms with Gasteiger partial charge in [0.2, 0.25) is 0 Å². The molecule has 0 amide bonds. The SMILES string of the molecule is Cc1ccc(N(c2cc3c(c4c2[Si]2(Oc5c(O)c(Cl)c(Cl)c(Cl)c5Cl)COc5cc(C)cc(c52)O4)C(C)(C)c2ccccc2-3)C(C)I)cc1. The van der Waals surface area contributed by atoms with Crippen LogP contribution in [0.25, 0.3) is 11.1 Å². The summed E-state index contributed by atoms with van der Waals surface area (Å²) in [5.74, 6) is 1.63. The molecule has 0 saturated heterocycles. The first-order valence-electron chi connectivity index (χ1n) is 15.8. The standard InChI is InChI=1S/C38H30Cl4INO4Si/c1-18-10-12-21(13-11-18)44(20(3)43)25-16-23-22-8-6-7-9-24(22)38(4,5)28(23)34-36(25)49(17-46-26-14-19(2)15-27(47-34)37(26)49)48-35-32(42)30(40)29(39)31(41)33(35)45/h6-16,20,45H,17H2,1-5H3. The summed E-state index contributed by atoms with van der Waals surface area (Å²) >= 11 is 28.8. The van der Waals surface area contributed by atoms with Crippen molar-refractivity contribution in [3.8, 4) is 39.9 Å². The number of rotatable bonds is 5. The van der Waals surface area contributed by atoms with Crippen LogP contribution in [0.4, 0.5) is 11.4 Å². The number of benzene rings is 5. The Labute approximate surface area is 319 Å². The summed E-state index contributed by atoms with van der Waals surface area (Å²) in [5.41, 5.74) is 8.20. The molecule has 250 valence electrons. The Kier molecular flexibility index (Phi) is 7.91. The van der Waals surface area contributed by atoms with Crippen LogP contribution >= 0.6 is 69.0 Å². The van der Waals surface area contributed by atoms with E-state index in [1.165, 1.54) is 5.56 Å². The van der Waals surface area contributed by atoms with Crippen LogP contribution in [-0.4, -0.2) is 23.7 Å². The maximum Gasteiger partial charge on any atom is 0.365 e. The molecule has 1 N–H and O–H groups in total. The van der Waals surface area contributed by atoms with Crippen molar-refractivity contribution >= 4 is 99.1 Å². The molecule has 0 fully saturated rings. The molecule has 5 aromatic rings. The molecule has 2 heterocycles. The fourth-order valence-corrected chi connectivity index (χ4v) is 13.1. The van der Waals surface area contributed by atoms with Crippen molar-refractivity contribution in [1.82, 2.24) is 0 Å². The smallest absolute Gasteiger partial charge is 0.365 e. The fraction of sp³-hybridized carbons (Fsp3) is 0.211. The van der Waals surface area contributed by atoms with Crippen molar-refractivity contribution in [3.63, 3.8) is 0 Å². The summed E-state index contributed by atoms with van der Waals surface area (Å²) in [6.45, 7) is 10.7. The normalized spacial score (nSPS) is 18.1. The van der Waals surface area contributed by atoms with E-state index in [9.17, 15) is 5.11 Å². The van der Waals surface area contributed by atoms with E-state index in [1.807, 2.05) is 19.1 Å². The number of phenolic OH excluding ortho intramolecular Hbond substituents is 1. The van der Waals surface area contributed by atoms with Crippen molar-refractivity contribution in [1.29, 1.82) is 0 Å². The van der Waals surface area contributed by atoms with Crippen LogP contribution in [0.1, 0.15) is 43.0 Å². The molecular weight excluding hydrogens is 831 g/mol. The second-order valence-electron chi connectivity index (χ2n) is 13.4. The van der Waals surface area contributed by atoms with Gasteiger partial charge in [0.1, 0.15) is 33.5 Å². The number of hydrogen-bond acceptors (Lipinski definition) is 5. The maximum absolute atomic E-state index is 11.5. The van der Waals surface area contributed by atoms with Crippen molar-refractivity contribution in [2.24, 2.45) is 0 Å². The van der Waals surface area contributed by atoms with Gasteiger partial charge in [-0.25, -0.2) is 0 Å². The van der Waals surface area contributed by atoms with Gasteiger partial charge in [0.25, 0.3) is 0 Å². The van der Waals surface area contributed by atoms with Crippen molar-refractivity contribution < 1.29 is 19.0 Å². The van der Waals surface area contributed by atoms with Crippen LogP contribution in [0, 0.1) is 13.8 Å². The van der Waals surface area contributed by atoms with Crippen LogP contribution in [0.5, 0.6) is 28.7 Å².